The number of rotatable bonds is 4. The second kappa shape index (κ2) is 8.37. The minimum absolute atomic E-state index is 0.0247. The van der Waals surface area contributed by atoms with Crippen molar-refractivity contribution in [3.8, 4) is 16.9 Å². The Balaban J connectivity index is 1.26. The molecule has 0 radical (unpaired) electrons. The molecule has 0 spiro atoms. The first-order valence-corrected chi connectivity index (χ1v) is 11.6. The van der Waals surface area contributed by atoms with Crippen molar-refractivity contribution in [2.24, 2.45) is 5.92 Å². The van der Waals surface area contributed by atoms with Crippen LogP contribution >= 0.6 is 0 Å². The zero-order chi connectivity index (χ0) is 23.1. The van der Waals surface area contributed by atoms with Gasteiger partial charge in [0.2, 0.25) is 0 Å². The van der Waals surface area contributed by atoms with E-state index < -0.39 is 0 Å². The van der Waals surface area contributed by atoms with Gasteiger partial charge in [0, 0.05) is 31.2 Å². The molecular formula is C26H25N7O. The van der Waals surface area contributed by atoms with E-state index in [4.69, 9.17) is 4.98 Å². The van der Waals surface area contributed by atoms with Crippen LogP contribution in [0.2, 0.25) is 0 Å². The van der Waals surface area contributed by atoms with Crippen LogP contribution in [0.1, 0.15) is 22.3 Å². The first-order valence-electron chi connectivity index (χ1n) is 11.6. The second-order valence-electron chi connectivity index (χ2n) is 9.09. The highest BCUT2D eigenvalue weighted by Gasteiger charge is 2.41. The molecule has 2 aromatic heterocycles. The molecule has 0 N–H and O–H groups in total. The summed E-state index contributed by atoms with van der Waals surface area (Å²) in [7, 11) is 0. The van der Waals surface area contributed by atoms with E-state index in [1.807, 2.05) is 66.6 Å². The Labute approximate surface area is 197 Å². The fraction of sp³-hybridized carbons (Fsp3) is 0.269. The number of fused-ring (bicyclic) bond motifs is 2. The summed E-state index contributed by atoms with van der Waals surface area (Å²) in [4.78, 5) is 28.9. The largest absolute Gasteiger partial charge is 0.350 e. The zero-order valence-electron chi connectivity index (χ0n) is 19.0. The van der Waals surface area contributed by atoms with Gasteiger partial charge in [-0.25, -0.2) is 4.98 Å². The summed E-state index contributed by atoms with van der Waals surface area (Å²) in [6, 6.07) is 16.2. The predicted molar refractivity (Wildman–Crippen MR) is 129 cm³/mol. The Morgan fingerprint density at radius 3 is 2.62 bits per heavy atom. The van der Waals surface area contributed by atoms with E-state index >= 15 is 0 Å². The molecule has 2 fully saturated rings. The number of likely N-dealkylation sites (tertiary alicyclic amines) is 1. The summed E-state index contributed by atoms with van der Waals surface area (Å²) >= 11 is 0. The van der Waals surface area contributed by atoms with E-state index in [9.17, 15) is 4.79 Å². The number of benzene rings is 2. The molecule has 4 heterocycles. The molecule has 0 aliphatic carbocycles. The molecule has 2 aromatic carbocycles. The molecule has 2 bridgehead atoms. The van der Waals surface area contributed by atoms with E-state index in [1.165, 1.54) is 4.80 Å². The topological polar surface area (TPSA) is 80.0 Å². The molecule has 8 heteroatoms. The van der Waals surface area contributed by atoms with Crippen LogP contribution < -0.4 is 4.90 Å². The van der Waals surface area contributed by atoms with Crippen molar-refractivity contribution >= 4 is 11.7 Å². The standard InChI is InChI=1S/C26H25N7O/c1-18-7-8-24(33-28-9-10-29-33)22(11-18)26(34)31-15-19-12-21(17-31)32(16-19)25-14-27-13-23(30-25)20-5-3-2-4-6-20/h2-11,13-14,19,21H,12,15-17H2,1H3. The maximum Gasteiger partial charge on any atom is 0.256 e. The second-order valence-corrected chi connectivity index (χ2v) is 9.09. The molecule has 4 aromatic rings. The lowest BCUT2D eigenvalue weighted by Gasteiger charge is -2.33. The maximum atomic E-state index is 13.7. The highest BCUT2D eigenvalue weighted by atomic mass is 16.2. The van der Waals surface area contributed by atoms with Gasteiger partial charge in [0.25, 0.3) is 5.91 Å². The molecule has 8 nitrogen and oxygen atoms in total. The fourth-order valence-electron chi connectivity index (χ4n) is 5.15. The lowest BCUT2D eigenvalue weighted by atomic mass is 9.98. The van der Waals surface area contributed by atoms with E-state index in [1.54, 1.807) is 18.6 Å². The third-order valence-electron chi connectivity index (χ3n) is 6.70. The molecule has 2 aliphatic rings. The van der Waals surface area contributed by atoms with Crippen LogP contribution in [0, 0.1) is 12.8 Å². The number of piperidine rings is 1. The van der Waals surface area contributed by atoms with Crippen LogP contribution in [0.4, 0.5) is 5.82 Å². The first kappa shape index (κ1) is 20.5. The Morgan fingerprint density at radius 1 is 0.971 bits per heavy atom. The van der Waals surface area contributed by atoms with Gasteiger partial charge in [0.05, 0.1) is 41.7 Å². The average Bonchev–Trinajstić information content (AvgIpc) is 3.52. The van der Waals surface area contributed by atoms with Gasteiger partial charge in [0.15, 0.2) is 0 Å². The van der Waals surface area contributed by atoms with Crippen LogP contribution in [0.25, 0.3) is 16.9 Å². The van der Waals surface area contributed by atoms with Crippen molar-refractivity contribution < 1.29 is 4.79 Å². The molecule has 2 saturated heterocycles. The monoisotopic (exact) mass is 451 g/mol. The quantitative estimate of drug-likeness (QED) is 0.473. The average molecular weight is 452 g/mol. The third kappa shape index (κ3) is 3.71. The lowest BCUT2D eigenvalue weighted by Crippen LogP contribution is -2.45. The molecule has 2 unspecified atom stereocenters. The van der Waals surface area contributed by atoms with E-state index in [2.05, 4.69) is 20.1 Å². The number of anilines is 1. The minimum atomic E-state index is 0.0247. The maximum absolute atomic E-state index is 13.7. The van der Waals surface area contributed by atoms with Crippen molar-refractivity contribution in [2.45, 2.75) is 19.4 Å². The number of hydrogen-bond donors (Lipinski definition) is 0. The zero-order valence-corrected chi connectivity index (χ0v) is 19.0. The van der Waals surface area contributed by atoms with E-state index in [-0.39, 0.29) is 11.9 Å². The molecule has 34 heavy (non-hydrogen) atoms. The number of aryl methyl sites for hydroxylation is 1. The van der Waals surface area contributed by atoms with Gasteiger partial charge in [-0.1, -0.05) is 42.0 Å². The van der Waals surface area contributed by atoms with Crippen molar-refractivity contribution in [3.63, 3.8) is 0 Å². The van der Waals surface area contributed by atoms with Crippen LogP contribution in [0.5, 0.6) is 0 Å². The third-order valence-corrected chi connectivity index (χ3v) is 6.70. The number of nitrogens with zero attached hydrogens (tertiary/aromatic N) is 7. The van der Waals surface area contributed by atoms with Gasteiger partial charge < -0.3 is 9.80 Å². The van der Waals surface area contributed by atoms with Crippen LogP contribution in [-0.2, 0) is 0 Å². The number of aromatic nitrogens is 5. The molecule has 2 atom stereocenters. The summed E-state index contributed by atoms with van der Waals surface area (Å²) < 4.78 is 0. The number of hydrogen-bond acceptors (Lipinski definition) is 6. The molecule has 2 aliphatic heterocycles. The van der Waals surface area contributed by atoms with Gasteiger partial charge in [-0.05, 0) is 31.4 Å². The summed E-state index contributed by atoms with van der Waals surface area (Å²) in [6.45, 7) is 4.27. The Hall–Kier alpha value is -4.07. The van der Waals surface area contributed by atoms with Crippen LogP contribution in [-0.4, -0.2) is 61.4 Å². The first-order chi connectivity index (χ1) is 16.7. The summed E-state index contributed by atoms with van der Waals surface area (Å²) in [6.07, 6.45) is 7.94. The Kier molecular flexibility index (Phi) is 5.05. The van der Waals surface area contributed by atoms with E-state index in [0.717, 1.165) is 42.1 Å². The van der Waals surface area contributed by atoms with Gasteiger partial charge in [0.1, 0.15) is 5.82 Å². The highest BCUT2D eigenvalue weighted by Crippen LogP contribution is 2.34. The van der Waals surface area contributed by atoms with Gasteiger partial charge in [-0.3, -0.25) is 9.78 Å². The predicted octanol–water partition coefficient (Wildman–Crippen LogP) is 3.38. The number of carbonyl (C=O) groups is 1. The number of carbonyl (C=O) groups excluding carboxylic acids is 1. The SMILES string of the molecule is Cc1ccc(-n2nccn2)c(C(=O)N2CC3CC(C2)N(c2cncc(-c4ccccc4)n2)C3)c1. The smallest absolute Gasteiger partial charge is 0.256 e. The normalized spacial score (nSPS) is 19.4. The van der Waals surface area contributed by atoms with Crippen LogP contribution in [0.3, 0.4) is 0 Å². The lowest BCUT2D eigenvalue weighted by molar-refractivity contribution is 0.0694. The molecule has 170 valence electrons. The minimum Gasteiger partial charge on any atom is -0.350 e. The van der Waals surface area contributed by atoms with Crippen molar-refractivity contribution in [3.05, 3.63) is 84.4 Å². The van der Waals surface area contributed by atoms with Crippen molar-refractivity contribution in [1.82, 2.24) is 29.9 Å². The summed E-state index contributed by atoms with van der Waals surface area (Å²) in [5.41, 5.74) is 4.29. The summed E-state index contributed by atoms with van der Waals surface area (Å²) in [5, 5.41) is 8.49. The molecule has 6 rings (SSSR count). The van der Waals surface area contributed by atoms with Gasteiger partial charge in [-0.2, -0.15) is 15.0 Å². The van der Waals surface area contributed by atoms with Crippen LogP contribution in [0.15, 0.2) is 73.3 Å². The van der Waals surface area contributed by atoms with Gasteiger partial charge in [-0.15, -0.1) is 0 Å². The van der Waals surface area contributed by atoms with Crippen molar-refractivity contribution in [2.75, 3.05) is 24.5 Å². The highest BCUT2D eigenvalue weighted by molar-refractivity contribution is 5.98. The fourth-order valence-corrected chi connectivity index (χ4v) is 5.15. The summed E-state index contributed by atoms with van der Waals surface area (Å²) in [5.74, 6) is 1.30. The van der Waals surface area contributed by atoms with Crippen molar-refractivity contribution in [1.29, 1.82) is 0 Å². The number of amides is 1. The Morgan fingerprint density at radius 2 is 1.79 bits per heavy atom. The molecular weight excluding hydrogens is 426 g/mol. The van der Waals surface area contributed by atoms with Gasteiger partial charge >= 0.3 is 0 Å². The molecule has 0 saturated carbocycles. The van der Waals surface area contributed by atoms with E-state index in [0.29, 0.717) is 23.7 Å². The molecule has 1 amide bonds. The Bertz CT molecular complexity index is 1320.